The Morgan fingerprint density at radius 3 is 2.36 bits per heavy atom. The van der Waals surface area contributed by atoms with Gasteiger partial charge in [0.1, 0.15) is 6.04 Å². The second kappa shape index (κ2) is 10.2. The molecule has 22 heavy (non-hydrogen) atoms. The van der Waals surface area contributed by atoms with Crippen molar-refractivity contribution >= 4 is 24.3 Å². The molecule has 5 nitrogen and oxygen atoms in total. The third-order valence-electron chi connectivity index (χ3n) is 3.34. The number of halogens is 1. The number of carbonyl (C=O) groups excluding carboxylic acids is 1. The zero-order valence-corrected chi connectivity index (χ0v) is 14.1. The van der Waals surface area contributed by atoms with Gasteiger partial charge in [-0.1, -0.05) is 43.7 Å². The number of rotatable bonds is 8. The number of nitrogens with zero attached hydrogens (tertiary/aromatic N) is 1. The van der Waals surface area contributed by atoms with E-state index in [-0.39, 0.29) is 18.3 Å². The van der Waals surface area contributed by atoms with Gasteiger partial charge in [0.2, 0.25) is 5.91 Å². The first-order chi connectivity index (χ1) is 9.95. The number of benzene rings is 1. The van der Waals surface area contributed by atoms with E-state index in [9.17, 15) is 9.59 Å². The topological polar surface area (TPSA) is 69.6 Å². The predicted octanol–water partition coefficient (Wildman–Crippen LogP) is 2.30. The monoisotopic (exact) mass is 328 g/mol. The fraction of sp³-hybridized carbons (Fsp3) is 0.500. The lowest BCUT2D eigenvalue weighted by Gasteiger charge is -2.24. The summed E-state index contributed by atoms with van der Waals surface area (Å²) in [6.45, 7) is 4.14. The average molecular weight is 329 g/mol. The van der Waals surface area contributed by atoms with E-state index in [1.165, 1.54) is 0 Å². The number of carbonyl (C=O) groups is 2. The van der Waals surface area contributed by atoms with Gasteiger partial charge < -0.3 is 10.0 Å². The summed E-state index contributed by atoms with van der Waals surface area (Å²) in [4.78, 5) is 25.0. The fourth-order valence-corrected chi connectivity index (χ4v) is 2.21. The molecular formula is C16H25ClN2O3. The van der Waals surface area contributed by atoms with Crippen LogP contribution in [0.1, 0.15) is 32.3 Å². The van der Waals surface area contributed by atoms with Crippen LogP contribution in [0, 0.1) is 0 Å². The third kappa shape index (κ3) is 6.45. The first-order valence-electron chi connectivity index (χ1n) is 7.23. The molecule has 1 aromatic carbocycles. The summed E-state index contributed by atoms with van der Waals surface area (Å²) in [5.41, 5.74) is 1.05. The second-order valence-electron chi connectivity index (χ2n) is 5.25. The summed E-state index contributed by atoms with van der Waals surface area (Å²) in [6.07, 6.45) is 1.26. The highest BCUT2D eigenvalue weighted by atomic mass is 35.5. The predicted molar refractivity (Wildman–Crippen MR) is 89.1 cm³/mol. The van der Waals surface area contributed by atoms with Crippen molar-refractivity contribution in [1.82, 2.24) is 10.2 Å². The highest BCUT2D eigenvalue weighted by Gasteiger charge is 2.24. The van der Waals surface area contributed by atoms with E-state index in [4.69, 9.17) is 5.11 Å². The van der Waals surface area contributed by atoms with Crippen LogP contribution >= 0.6 is 12.4 Å². The Morgan fingerprint density at radius 1 is 1.27 bits per heavy atom. The zero-order valence-electron chi connectivity index (χ0n) is 13.3. The van der Waals surface area contributed by atoms with Crippen LogP contribution < -0.4 is 5.32 Å². The first kappa shape index (κ1) is 20.4. The standard InChI is InChI=1S/C16H24N2O3.ClH/c1-4-8-14(16(20)21)17-12(2)15(19)18(3)11-13-9-6-5-7-10-13;/h5-7,9-10,12,14,17H,4,8,11H2,1-3H3,(H,20,21);1H. The van der Waals surface area contributed by atoms with Gasteiger partial charge in [-0.3, -0.25) is 14.9 Å². The molecule has 0 heterocycles. The molecule has 0 bridgehead atoms. The summed E-state index contributed by atoms with van der Waals surface area (Å²) in [5.74, 6) is -1.02. The summed E-state index contributed by atoms with van der Waals surface area (Å²) in [7, 11) is 1.73. The molecule has 2 unspecified atom stereocenters. The second-order valence-corrected chi connectivity index (χ2v) is 5.25. The van der Waals surface area contributed by atoms with E-state index in [0.29, 0.717) is 13.0 Å². The maximum absolute atomic E-state index is 12.3. The minimum absolute atomic E-state index is 0. The lowest BCUT2D eigenvalue weighted by molar-refractivity contribution is -0.140. The molecule has 0 aliphatic rings. The van der Waals surface area contributed by atoms with Crippen molar-refractivity contribution in [1.29, 1.82) is 0 Å². The molecule has 0 saturated heterocycles. The van der Waals surface area contributed by atoms with Gasteiger partial charge in [0.25, 0.3) is 0 Å². The van der Waals surface area contributed by atoms with E-state index in [1.807, 2.05) is 37.3 Å². The van der Waals surface area contributed by atoms with Crippen molar-refractivity contribution < 1.29 is 14.7 Å². The first-order valence-corrected chi connectivity index (χ1v) is 7.23. The summed E-state index contributed by atoms with van der Waals surface area (Å²) in [5, 5.41) is 12.0. The molecule has 1 amide bonds. The smallest absolute Gasteiger partial charge is 0.320 e. The number of carboxylic acid groups (broad SMARTS) is 1. The molecule has 6 heteroatoms. The van der Waals surface area contributed by atoms with Gasteiger partial charge in [0.15, 0.2) is 0 Å². The molecule has 0 fully saturated rings. The Hall–Kier alpha value is -1.59. The Kier molecular flexibility index (Phi) is 9.45. The Morgan fingerprint density at radius 2 is 1.86 bits per heavy atom. The van der Waals surface area contributed by atoms with Crippen molar-refractivity contribution in [2.45, 2.75) is 45.3 Å². The molecule has 0 radical (unpaired) electrons. The van der Waals surface area contributed by atoms with Gasteiger partial charge >= 0.3 is 5.97 Å². The number of carboxylic acids is 1. The average Bonchev–Trinajstić information content (AvgIpc) is 2.46. The van der Waals surface area contributed by atoms with Crippen molar-refractivity contribution in [2.24, 2.45) is 0 Å². The maximum Gasteiger partial charge on any atom is 0.320 e. The number of hydrogen-bond acceptors (Lipinski definition) is 3. The van der Waals surface area contributed by atoms with Crippen molar-refractivity contribution in [2.75, 3.05) is 7.05 Å². The van der Waals surface area contributed by atoms with E-state index < -0.39 is 18.1 Å². The number of nitrogens with one attached hydrogen (secondary N) is 1. The molecule has 1 aromatic rings. The molecule has 124 valence electrons. The largest absolute Gasteiger partial charge is 0.480 e. The molecule has 2 atom stereocenters. The van der Waals surface area contributed by atoms with Gasteiger partial charge in [-0.2, -0.15) is 0 Å². The fourth-order valence-electron chi connectivity index (χ4n) is 2.21. The van der Waals surface area contributed by atoms with Gasteiger partial charge in [-0.05, 0) is 18.9 Å². The van der Waals surface area contributed by atoms with E-state index in [1.54, 1.807) is 18.9 Å². The normalized spacial score (nSPS) is 12.9. The molecule has 0 saturated carbocycles. The number of likely N-dealkylation sites (N-methyl/N-ethyl adjacent to an activating group) is 1. The molecule has 0 aliphatic heterocycles. The van der Waals surface area contributed by atoms with Crippen molar-refractivity contribution in [3.8, 4) is 0 Å². The van der Waals surface area contributed by atoms with E-state index in [2.05, 4.69) is 5.32 Å². The molecule has 2 N–H and O–H groups in total. The summed E-state index contributed by atoms with van der Waals surface area (Å²) < 4.78 is 0. The van der Waals surface area contributed by atoms with Crippen molar-refractivity contribution in [3.05, 3.63) is 35.9 Å². The Bertz CT molecular complexity index is 468. The van der Waals surface area contributed by atoms with Crippen LogP contribution in [-0.4, -0.2) is 41.0 Å². The lowest BCUT2D eigenvalue weighted by atomic mass is 10.1. The lowest BCUT2D eigenvalue weighted by Crippen LogP contribution is -2.49. The minimum Gasteiger partial charge on any atom is -0.480 e. The number of amides is 1. The minimum atomic E-state index is -0.915. The number of hydrogen-bond donors (Lipinski definition) is 2. The van der Waals surface area contributed by atoms with Crippen LogP contribution in [0.4, 0.5) is 0 Å². The molecule has 1 rings (SSSR count). The van der Waals surface area contributed by atoms with Gasteiger partial charge in [-0.25, -0.2) is 0 Å². The van der Waals surface area contributed by atoms with Crippen LogP contribution in [0.15, 0.2) is 30.3 Å². The van der Waals surface area contributed by atoms with Crippen LogP contribution in [0.3, 0.4) is 0 Å². The Labute approximate surface area is 138 Å². The van der Waals surface area contributed by atoms with E-state index in [0.717, 1.165) is 12.0 Å². The highest BCUT2D eigenvalue weighted by Crippen LogP contribution is 2.05. The van der Waals surface area contributed by atoms with E-state index >= 15 is 0 Å². The van der Waals surface area contributed by atoms with Gasteiger partial charge in [-0.15, -0.1) is 12.4 Å². The maximum atomic E-state index is 12.3. The quantitative estimate of drug-likeness (QED) is 0.768. The third-order valence-corrected chi connectivity index (χ3v) is 3.34. The molecule has 0 aliphatic carbocycles. The number of aliphatic carboxylic acids is 1. The van der Waals surface area contributed by atoms with Crippen molar-refractivity contribution in [3.63, 3.8) is 0 Å². The van der Waals surface area contributed by atoms with Gasteiger partial charge in [0.05, 0.1) is 6.04 Å². The van der Waals surface area contributed by atoms with Crippen LogP contribution in [0.5, 0.6) is 0 Å². The molecule has 0 aromatic heterocycles. The molecule has 0 spiro atoms. The van der Waals surface area contributed by atoms with Gasteiger partial charge in [0, 0.05) is 13.6 Å². The Balaban J connectivity index is 0.00000441. The summed E-state index contributed by atoms with van der Waals surface area (Å²) >= 11 is 0. The van der Waals surface area contributed by atoms with Crippen LogP contribution in [-0.2, 0) is 16.1 Å². The van der Waals surface area contributed by atoms with Crippen LogP contribution in [0.2, 0.25) is 0 Å². The van der Waals surface area contributed by atoms with Crippen LogP contribution in [0.25, 0.3) is 0 Å². The molecular weight excluding hydrogens is 304 g/mol. The summed E-state index contributed by atoms with van der Waals surface area (Å²) in [6, 6.07) is 8.49. The SMILES string of the molecule is CCCC(NC(C)C(=O)N(C)Cc1ccccc1)C(=O)O.Cl. The zero-order chi connectivity index (χ0) is 15.8. The highest BCUT2D eigenvalue weighted by molar-refractivity contribution is 5.85.